The molecule has 2 heterocycles. The maximum absolute atomic E-state index is 5.36. The van der Waals surface area contributed by atoms with Crippen molar-refractivity contribution in [2.24, 2.45) is 0 Å². The van der Waals surface area contributed by atoms with E-state index in [1.165, 1.54) is 0 Å². The van der Waals surface area contributed by atoms with E-state index < -0.39 is 0 Å². The molecule has 1 fully saturated rings. The smallest absolute Gasteiger partial charge is 0.233 e. The summed E-state index contributed by atoms with van der Waals surface area (Å²) in [5, 5.41) is 6.17. The Balaban J connectivity index is 1.85. The Labute approximate surface area is 123 Å². The number of benzene rings is 1. The molecule has 7 nitrogen and oxygen atoms in total. The van der Waals surface area contributed by atoms with Crippen molar-refractivity contribution in [3.05, 3.63) is 30.3 Å². The van der Waals surface area contributed by atoms with Gasteiger partial charge in [-0.1, -0.05) is 18.2 Å². The first-order valence-electron chi connectivity index (χ1n) is 6.94. The molecule has 0 unspecified atom stereocenters. The number of nitrogens with one attached hydrogen (secondary N) is 2. The van der Waals surface area contributed by atoms with Crippen LogP contribution in [0.3, 0.4) is 0 Å². The van der Waals surface area contributed by atoms with Gasteiger partial charge in [-0.3, -0.25) is 0 Å². The Morgan fingerprint density at radius 3 is 2.43 bits per heavy atom. The molecule has 2 aromatic rings. The molecule has 0 radical (unpaired) electrons. The molecule has 1 aromatic heterocycles. The molecule has 110 valence electrons. The fourth-order valence-electron chi connectivity index (χ4n) is 2.09. The summed E-state index contributed by atoms with van der Waals surface area (Å²) in [6, 6.07) is 9.84. The Bertz CT molecular complexity index is 585. The third-order valence-electron chi connectivity index (χ3n) is 3.17. The fourth-order valence-corrected chi connectivity index (χ4v) is 2.09. The molecule has 0 saturated carbocycles. The molecule has 0 spiro atoms. The summed E-state index contributed by atoms with van der Waals surface area (Å²) in [5.74, 6) is 1.74. The van der Waals surface area contributed by atoms with Crippen LogP contribution in [0.25, 0.3) is 0 Å². The Morgan fingerprint density at radius 1 is 1.00 bits per heavy atom. The molecule has 0 bridgehead atoms. The van der Waals surface area contributed by atoms with Gasteiger partial charge in [-0.05, 0) is 12.1 Å². The van der Waals surface area contributed by atoms with Crippen LogP contribution in [0.2, 0.25) is 0 Å². The average molecular weight is 286 g/mol. The molecule has 0 amide bonds. The molecular weight excluding hydrogens is 268 g/mol. The highest BCUT2D eigenvalue weighted by atomic mass is 16.5. The van der Waals surface area contributed by atoms with Gasteiger partial charge in [-0.2, -0.15) is 15.0 Å². The number of hydrogen-bond donors (Lipinski definition) is 2. The zero-order valence-electron chi connectivity index (χ0n) is 11.9. The first kappa shape index (κ1) is 13.6. The molecule has 1 saturated heterocycles. The normalized spacial score (nSPS) is 14.8. The molecule has 3 rings (SSSR count). The number of hydrogen-bond acceptors (Lipinski definition) is 7. The van der Waals surface area contributed by atoms with Gasteiger partial charge >= 0.3 is 0 Å². The monoisotopic (exact) mass is 286 g/mol. The third-order valence-corrected chi connectivity index (χ3v) is 3.17. The van der Waals surface area contributed by atoms with E-state index in [0.717, 1.165) is 18.8 Å². The first-order chi connectivity index (χ1) is 10.3. The molecule has 1 aliphatic heterocycles. The number of ether oxygens (including phenoxy) is 1. The predicted octanol–water partition coefficient (Wildman–Crippen LogP) is 1.49. The number of rotatable bonds is 4. The zero-order chi connectivity index (χ0) is 14.5. The van der Waals surface area contributed by atoms with Gasteiger partial charge in [0.25, 0.3) is 0 Å². The number of morpholine rings is 1. The molecule has 0 atom stereocenters. The van der Waals surface area contributed by atoms with Crippen LogP contribution in [0, 0.1) is 0 Å². The SMILES string of the molecule is CNc1nc(Nc2ccccc2)nc(N2CCOCC2)n1. The van der Waals surface area contributed by atoms with Gasteiger partial charge in [0.05, 0.1) is 13.2 Å². The van der Waals surface area contributed by atoms with Crippen molar-refractivity contribution >= 4 is 23.5 Å². The number of anilines is 4. The third kappa shape index (κ3) is 3.38. The summed E-state index contributed by atoms with van der Waals surface area (Å²) in [6.45, 7) is 2.97. The molecule has 1 aromatic carbocycles. The second-order valence-electron chi connectivity index (χ2n) is 4.62. The van der Waals surface area contributed by atoms with Crippen LogP contribution < -0.4 is 15.5 Å². The van der Waals surface area contributed by atoms with Crippen LogP contribution in [-0.2, 0) is 4.74 Å². The largest absolute Gasteiger partial charge is 0.378 e. The van der Waals surface area contributed by atoms with Crippen LogP contribution in [0.4, 0.5) is 23.5 Å². The van der Waals surface area contributed by atoms with Crippen molar-refractivity contribution in [3.8, 4) is 0 Å². The van der Waals surface area contributed by atoms with Crippen LogP contribution in [-0.4, -0.2) is 48.3 Å². The minimum atomic E-state index is 0.530. The lowest BCUT2D eigenvalue weighted by atomic mass is 10.3. The lowest BCUT2D eigenvalue weighted by Crippen LogP contribution is -2.37. The summed E-state index contributed by atoms with van der Waals surface area (Å²) in [7, 11) is 1.80. The average Bonchev–Trinajstić information content (AvgIpc) is 2.56. The van der Waals surface area contributed by atoms with Gasteiger partial charge in [0, 0.05) is 25.8 Å². The molecule has 1 aliphatic rings. The van der Waals surface area contributed by atoms with Crippen molar-refractivity contribution in [3.63, 3.8) is 0 Å². The van der Waals surface area contributed by atoms with Gasteiger partial charge in [-0.15, -0.1) is 0 Å². The highest BCUT2D eigenvalue weighted by Crippen LogP contribution is 2.18. The van der Waals surface area contributed by atoms with Crippen molar-refractivity contribution in [1.82, 2.24) is 15.0 Å². The summed E-state index contributed by atoms with van der Waals surface area (Å²) in [6.07, 6.45) is 0. The van der Waals surface area contributed by atoms with E-state index in [4.69, 9.17) is 4.74 Å². The number of para-hydroxylation sites is 1. The van der Waals surface area contributed by atoms with Gasteiger partial charge < -0.3 is 20.3 Å². The summed E-state index contributed by atoms with van der Waals surface area (Å²) < 4.78 is 5.36. The van der Waals surface area contributed by atoms with Crippen molar-refractivity contribution < 1.29 is 4.74 Å². The van der Waals surface area contributed by atoms with E-state index >= 15 is 0 Å². The van der Waals surface area contributed by atoms with Crippen molar-refractivity contribution in [2.75, 3.05) is 48.9 Å². The Hall–Kier alpha value is -2.41. The summed E-state index contributed by atoms with van der Waals surface area (Å²) in [5.41, 5.74) is 0.943. The van der Waals surface area contributed by atoms with E-state index in [0.29, 0.717) is 31.1 Å². The number of nitrogens with zero attached hydrogens (tertiary/aromatic N) is 4. The van der Waals surface area contributed by atoms with Crippen LogP contribution >= 0.6 is 0 Å². The van der Waals surface area contributed by atoms with E-state index in [1.807, 2.05) is 30.3 Å². The van der Waals surface area contributed by atoms with Gasteiger partial charge in [0.2, 0.25) is 17.8 Å². The standard InChI is InChI=1S/C14H18N6O/c1-15-12-17-13(16-11-5-3-2-4-6-11)19-14(18-12)20-7-9-21-10-8-20/h2-6H,7-10H2,1H3,(H2,15,16,17,18,19). The Kier molecular flexibility index (Phi) is 4.11. The van der Waals surface area contributed by atoms with E-state index in [-0.39, 0.29) is 0 Å². The van der Waals surface area contributed by atoms with Crippen LogP contribution in [0.15, 0.2) is 30.3 Å². The molecule has 2 N–H and O–H groups in total. The molecule has 0 aliphatic carbocycles. The van der Waals surface area contributed by atoms with Crippen LogP contribution in [0.1, 0.15) is 0 Å². The van der Waals surface area contributed by atoms with Crippen LogP contribution in [0.5, 0.6) is 0 Å². The van der Waals surface area contributed by atoms with E-state index in [2.05, 4.69) is 30.5 Å². The molecule has 7 heteroatoms. The lowest BCUT2D eigenvalue weighted by molar-refractivity contribution is 0.122. The van der Waals surface area contributed by atoms with Crippen molar-refractivity contribution in [1.29, 1.82) is 0 Å². The minimum absolute atomic E-state index is 0.530. The summed E-state index contributed by atoms with van der Waals surface area (Å²) >= 11 is 0. The predicted molar refractivity (Wildman–Crippen MR) is 82.1 cm³/mol. The highest BCUT2D eigenvalue weighted by Gasteiger charge is 2.16. The van der Waals surface area contributed by atoms with E-state index in [1.54, 1.807) is 7.05 Å². The quantitative estimate of drug-likeness (QED) is 0.882. The van der Waals surface area contributed by atoms with Gasteiger partial charge in [0.15, 0.2) is 0 Å². The van der Waals surface area contributed by atoms with E-state index in [9.17, 15) is 0 Å². The van der Waals surface area contributed by atoms with Crippen molar-refractivity contribution in [2.45, 2.75) is 0 Å². The second-order valence-corrected chi connectivity index (χ2v) is 4.62. The second kappa shape index (κ2) is 6.36. The first-order valence-corrected chi connectivity index (χ1v) is 6.94. The maximum atomic E-state index is 5.36. The fraction of sp³-hybridized carbons (Fsp3) is 0.357. The Morgan fingerprint density at radius 2 is 1.71 bits per heavy atom. The maximum Gasteiger partial charge on any atom is 0.233 e. The van der Waals surface area contributed by atoms with Gasteiger partial charge in [-0.25, -0.2) is 0 Å². The molecular formula is C14H18N6O. The minimum Gasteiger partial charge on any atom is -0.378 e. The van der Waals surface area contributed by atoms with Gasteiger partial charge in [0.1, 0.15) is 0 Å². The topological polar surface area (TPSA) is 75.2 Å². The number of aromatic nitrogens is 3. The highest BCUT2D eigenvalue weighted by molar-refractivity contribution is 5.55. The lowest BCUT2D eigenvalue weighted by Gasteiger charge is -2.27. The zero-order valence-corrected chi connectivity index (χ0v) is 11.9. The summed E-state index contributed by atoms with van der Waals surface area (Å²) in [4.78, 5) is 15.4. The molecule has 21 heavy (non-hydrogen) atoms.